The summed E-state index contributed by atoms with van der Waals surface area (Å²) in [5.74, 6) is -2.20. The van der Waals surface area contributed by atoms with Crippen LogP contribution in [0.15, 0.2) is 0 Å². The second-order valence-corrected chi connectivity index (χ2v) is 8.35. The van der Waals surface area contributed by atoms with Crippen molar-refractivity contribution in [2.75, 3.05) is 18.6 Å². The van der Waals surface area contributed by atoms with E-state index >= 15 is 0 Å². The van der Waals surface area contributed by atoms with Crippen molar-refractivity contribution in [1.82, 2.24) is 16.0 Å². The molecule has 9 nitrogen and oxygen atoms in total. The predicted molar refractivity (Wildman–Crippen MR) is 110 cm³/mol. The monoisotopic (exact) mass is 418 g/mol. The molecule has 3 amide bonds. The lowest BCUT2D eigenvalue weighted by atomic mass is 9.99. The number of hydrogen-bond acceptors (Lipinski definition) is 6. The number of carboxylic acids is 1. The minimum Gasteiger partial charge on any atom is -0.480 e. The number of nitrogens with one attached hydrogen (secondary N) is 3. The number of amides is 3. The molecule has 0 aromatic rings. The Morgan fingerprint density at radius 3 is 1.96 bits per heavy atom. The first-order valence-electron chi connectivity index (χ1n) is 9.35. The van der Waals surface area contributed by atoms with Gasteiger partial charge in [0.15, 0.2) is 0 Å². The second kappa shape index (κ2) is 13.4. The molecule has 10 heteroatoms. The number of carbonyl (C=O) groups is 4. The Bertz CT molecular complexity index is 542. The number of rotatable bonds is 13. The van der Waals surface area contributed by atoms with E-state index in [1.54, 1.807) is 13.8 Å². The summed E-state index contributed by atoms with van der Waals surface area (Å²) in [6.07, 6.45) is 2.47. The van der Waals surface area contributed by atoms with Gasteiger partial charge in [-0.25, -0.2) is 4.79 Å². The van der Waals surface area contributed by atoms with Crippen LogP contribution < -0.4 is 21.7 Å². The number of carbonyl (C=O) groups excluding carboxylic acids is 3. The summed E-state index contributed by atoms with van der Waals surface area (Å²) in [6.45, 7) is 7.07. The van der Waals surface area contributed by atoms with Crippen molar-refractivity contribution in [3.63, 3.8) is 0 Å². The molecule has 0 fully saturated rings. The predicted octanol–water partition coefficient (Wildman–Crippen LogP) is -0.0607. The molecule has 28 heavy (non-hydrogen) atoms. The highest BCUT2D eigenvalue weighted by Gasteiger charge is 2.30. The number of aliphatic carboxylic acids is 1. The minimum absolute atomic E-state index is 0.0849. The Morgan fingerprint density at radius 2 is 1.54 bits per heavy atom. The molecule has 3 unspecified atom stereocenters. The van der Waals surface area contributed by atoms with Crippen molar-refractivity contribution < 1.29 is 24.3 Å². The van der Waals surface area contributed by atoms with Gasteiger partial charge in [-0.2, -0.15) is 11.8 Å². The van der Waals surface area contributed by atoms with E-state index in [2.05, 4.69) is 16.0 Å². The zero-order chi connectivity index (χ0) is 21.9. The fourth-order valence-corrected chi connectivity index (χ4v) is 2.97. The van der Waals surface area contributed by atoms with Crippen LogP contribution in [-0.4, -0.2) is 65.5 Å². The van der Waals surface area contributed by atoms with Crippen molar-refractivity contribution in [1.29, 1.82) is 0 Å². The van der Waals surface area contributed by atoms with Gasteiger partial charge in [-0.05, 0) is 36.7 Å². The molecule has 0 aliphatic rings. The zero-order valence-corrected chi connectivity index (χ0v) is 18.1. The average molecular weight is 419 g/mol. The lowest BCUT2D eigenvalue weighted by Gasteiger charge is -2.27. The van der Waals surface area contributed by atoms with E-state index in [9.17, 15) is 24.3 Å². The molecular formula is C18H34N4O5S. The highest BCUT2D eigenvalue weighted by atomic mass is 32.2. The van der Waals surface area contributed by atoms with Gasteiger partial charge in [-0.15, -0.1) is 0 Å². The molecule has 0 spiro atoms. The maximum Gasteiger partial charge on any atom is 0.326 e. The lowest BCUT2D eigenvalue weighted by molar-refractivity contribution is -0.142. The smallest absolute Gasteiger partial charge is 0.326 e. The summed E-state index contributed by atoms with van der Waals surface area (Å²) < 4.78 is 0. The van der Waals surface area contributed by atoms with Crippen LogP contribution in [0.1, 0.15) is 40.5 Å². The van der Waals surface area contributed by atoms with E-state index in [0.717, 1.165) is 0 Å². The Kier molecular flexibility index (Phi) is 12.5. The average Bonchev–Trinajstić information content (AvgIpc) is 2.60. The van der Waals surface area contributed by atoms with Crippen LogP contribution in [0.3, 0.4) is 0 Å². The van der Waals surface area contributed by atoms with Gasteiger partial charge >= 0.3 is 5.97 Å². The SMILES string of the molecule is CSCCC(NC(=O)C(CC(C)C)NC(=O)C(NC(=O)CN)C(C)C)C(=O)O. The number of hydrogen-bond donors (Lipinski definition) is 5. The molecule has 0 rings (SSSR count). The molecule has 0 aliphatic carbocycles. The third kappa shape index (κ3) is 9.93. The van der Waals surface area contributed by atoms with Gasteiger partial charge in [-0.3, -0.25) is 14.4 Å². The maximum atomic E-state index is 12.7. The molecule has 0 aliphatic heterocycles. The molecule has 162 valence electrons. The van der Waals surface area contributed by atoms with Gasteiger partial charge in [0.2, 0.25) is 17.7 Å². The number of thioether (sulfide) groups is 1. The largest absolute Gasteiger partial charge is 0.480 e. The zero-order valence-electron chi connectivity index (χ0n) is 17.3. The molecule has 0 saturated carbocycles. The van der Waals surface area contributed by atoms with Crippen LogP contribution in [-0.2, 0) is 19.2 Å². The maximum absolute atomic E-state index is 12.7. The van der Waals surface area contributed by atoms with E-state index < -0.39 is 41.8 Å². The van der Waals surface area contributed by atoms with Gasteiger partial charge in [0.05, 0.1) is 6.54 Å². The van der Waals surface area contributed by atoms with Crippen molar-refractivity contribution in [2.45, 2.75) is 58.7 Å². The van der Waals surface area contributed by atoms with Gasteiger partial charge < -0.3 is 26.8 Å². The van der Waals surface area contributed by atoms with Crippen LogP contribution in [0.25, 0.3) is 0 Å². The highest BCUT2D eigenvalue weighted by Crippen LogP contribution is 2.09. The van der Waals surface area contributed by atoms with E-state index in [1.807, 2.05) is 20.1 Å². The molecule has 3 atom stereocenters. The molecule has 0 saturated heterocycles. The van der Waals surface area contributed by atoms with Crippen molar-refractivity contribution >= 4 is 35.5 Å². The quantitative estimate of drug-likeness (QED) is 0.281. The van der Waals surface area contributed by atoms with Crippen molar-refractivity contribution in [2.24, 2.45) is 17.6 Å². The van der Waals surface area contributed by atoms with Gasteiger partial charge in [0, 0.05) is 0 Å². The molecule has 0 aromatic heterocycles. The minimum atomic E-state index is -1.12. The first kappa shape index (κ1) is 26.2. The standard InChI is InChI=1S/C18H34N4O5S/c1-10(2)8-13(16(24)20-12(18(26)27)6-7-28-5)21-17(25)15(11(3)4)22-14(23)9-19/h10-13,15H,6-9,19H2,1-5H3,(H,20,24)(H,21,25)(H,22,23)(H,26,27). The molecule has 0 radical (unpaired) electrons. The number of nitrogens with two attached hydrogens (primary N) is 1. The fraction of sp³-hybridized carbons (Fsp3) is 0.778. The van der Waals surface area contributed by atoms with Crippen LogP contribution >= 0.6 is 11.8 Å². The van der Waals surface area contributed by atoms with Gasteiger partial charge in [-0.1, -0.05) is 27.7 Å². The summed E-state index contributed by atoms with van der Waals surface area (Å²) >= 11 is 1.48. The fourth-order valence-electron chi connectivity index (χ4n) is 2.50. The highest BCUT2D eigenvalue weighted by molar-refractivity contribution is 7.98. The summed E-state index contributed by atoms with van der Waals surface area (Å²) in [5, 5.41) is 17.0. The van der Waals surface area contributed by atoms with E-state index in [4.69, 9.17) is 5.73 Å². The molecule has 0 aromatic carbocycles. The van der Waals surface area contributed by atoms with Crippen LogP contribution in [0.5, 0.6) is 0 Å². The Hall–Kier alpha value is -1.81. The first-order valence-corrected chi connectivity index (χ1v) is 10.7. The normalized spacial score (nSPS) is 14.3. The van der Waals surface area contributed by atoms with Crippen LogP contribution in [0.4, 0.5) is 0 Å². The second-order valence-electron chi connectivity index (χ2n) is 7.36. The third-order valence-corrected chi connectivity index (χ3v) is 4.66. The topological polar surface area (TPSA) is 151 Å². The summed E-state index contributed by atoms with van der Waals surface area (Å²) in [6, 6.07) is -2.77. The van der Waals surface area contributed by atoms with Crippen molar-refractivity contribution in [3.8, 4) is 0 Å². The summed E-state index contributed by atoms with van der Waals surface area (Å²) in [4.78, 5) is 48.3. The summed E-state index contributed by atoms with van der Waals surface area (Å²) in [7, 11) is 0. The number of carboxylic acid groups (broad SMARTS) is 1. The van der Waals surface area contributed by atoms with E-state index in [1.165, 1.54) is 11.8 Å². The van der Waals surface area contributed by atoms with Crippen LogP contribution in [0, 0.1) is 11.8 Å². The lowest BCUT2D eigenvalue weighted by Crippen LogP contribution is -2.57. The molecular weight excluding hydrogens is 384 g/mol. The Balaban J connectivity index is 5.27. The Labute approximate surface area is 170 Å². The van der Waals surface area contributed by atoms with Crippen LogP contribution in [0.2, 0.25) is 0 Å². The van der Waals surface area contributed by atoms with E-state index in [-0.39, 0.29) is 24.8 Å². The molecule has 6 N–H and O–H groups in total. The molecule has 0 bridgehead atoms. The first-order chi connectivity index (χ1) is 13.0. The molecule has 0 heterocycles. The van der Waals surface area contributed by atoms with Gasteiger partial charge in [0.1, 0.15) is 18.1 Å². The van der Waals surface area contributed by atoms with Crippen molar-refractivity contribution in [3.05, 3.63) is 0 Å². The summed E-state index contributed by atoms with van der Waals surface area (Å²) in [5.41, 5.74) is 5.29. The Morgan fingerprint density at radius 1 is 0.964 bits per heavy atom. The van der Waals surface area contributed by atoms with E-state index in [0.29, 0.717) is 12.2 Å². The third-order valence-electron chi connectivity index (χ3n) is 4.02. The van der Waals surface area contributed by atoms with Gasteiger partial charge in [0.25, 0.3) is 0 Å².